The number of methoxy groups -OCH3 is 1. The lowest BCUT2D eigenvalue weighted by molar-refractivity contribution is -0.132. The van der Waals surface area contributed by atoms with Crippen molar-refractivity contribution in [2.24, 2.45) is 29.7 Å². The summed E-state index contributed by atoms with van der Waals surface area (Å²) in [6.07, 6.45) is 10.6. The van der Waals surface area contributed by atoms with Crippen LogP contribution in [0, 0.1) is 22.7 Å². The minimum atomic E-state index is -1.27. The number of rotatable bonds is 11. The van der Waals surface area contributed by atoms with E-state index < -0.39 is 17.7 Å². The largest absolute Gasteiger partial charge is 0.453 e. The fourth-order valence-corrected chi connectivity index (χ4v) is 8.02. The van der Waals surface area contributed by atoms with Crippen LogP contribution in [0.15, 0.2) is 36.5 Å². The Hall–Kier alpha value is -3.89. The summed E-state index contributed by atoms with van der Waals surface area (Å²) in [6, 6.07) is 8.12. The number of nitrogens with one attached hydrogen (secondary N) is 3. The molecule has 0 bridgehead atoms. The average Bonchev–Trinajstić information content (AvgIpc) is 3.37. The summed E-state index contributed by atoms with van der Waals surface area (Å²) in [5.74, 6) is -0.502. The highest BCUT2D eigenvalue weighted by molar-refractivity contribution is 6.01. The summed E-state index contributed by atoms with van der Waals surface area (Å²) >= 11 is 0. The van der Waals surface area contributed by atoms with Crippen LogP contribution in [0.5, 0.6) is 0 Å². The third kappa shape index (κ3) is 5.88. The minimum absolute atomic E-state index is 0.00347. The van der Waals surface area contributed by atoms with Crippen LogP contribution in [-0.4, -0.2) is 64.7 Å². The summed E-state index contributed by atoms with van der Waals surface area (Å²) in [4.78, 5) is 56.4. The van der Waals surface area contributed by atoms with Crippen molar-refractivity contribution >= 4 is 29.5 Å². The van der Waals surface area contributed by atoms with Gasteiger partial charge in [-0.3, -0.25) is 24.0 Å². The van der Waals surface area contributed by atoms with E-state index in [1.165, 1.54) is 16.7 Å². The summed E-state index contributed by atoms with van der Waals surface area (Å²) in [7, 11) is 3.04. The molecule has 1 aromatic heterocycles. The maximum absolute atomic E-state index is 14.3. The molecule has 3 aliphatic carbocycles. The molecular weight excluding hydrogens is 584 g/mol. The van der Waals surface area contributed by atoms with Crippen molar-refractivity contribution in [3.05, 3.63) is 47.8 Å². The number of benzene rings is 1. The van der Waals surface area contributed by atoms with Gasteiger partial charge in [-0.15, -0.1) is 0 Å². The number of aryl methyl sites for hydroxylation is 1. The van der Waals surface area contributed by atoms with Gasteiger partial charge in [-0.2, -0.15) is 5.10 Å². The molecule has 3 saturated carbocycles. The van der Waals surface area contributed by atoms with Crippen LogP contribution in [0.1, 0.15) is 94.1 Å². The van der Waals surface area contributed by atoms with E-state index in [0.29, 0.717) is 48.8 Å². The lowest BCUT2D eigenvalue weighted by atomic mass is 9.66. The van der Waals surface area contributed by atoms with Gasteiger partial charge >= 0.3 is 6.09 Å². The molecule has 3 atom stereocenters. The molecule has 6 rings (SSSR count). The van der Waals surface area contributed by atoms with Crippen LogP contribution >= 0.6 is 0 Å². The number of likely N-dealkylation sites (tertiary alicyclic amines) is 1. The van der Waals surface area contributed by atoms with Crippen LogP contribution in [0.25, 0.3) is 0 Å². The Morgan fingerprint density at radius 2 is 1.78 bits per heavy atom. The van der Waals surface area contributed by atoms with Gasteiger partial charge in [-0.05, 0) is 85.0 Å². The maximum Gasteiger partial charge on any atom is 0.410 e. The Bertz CT molecular complexity index is 1490. The Labute approximate surface area is 271 Å². The van der Waals surface area contributed by atoms with Gasteiger partial charge in [0.25, 0.3) is 11.8 Å². The van der Waals surface area contributed by atoms with Crippen molar-refractivity contribution in [2.45, 2.75) is 89.6 Å². The molecule has 11 heteroatoms. The molecule has 2 unspecified atom stereocenters. The second-order valence-electron chi connectivity index (χ2n) is 14.7. The van der Waals surface area contributed by atoms with E-state index in [9.17, 15) is 19.2 Å². The molecule has 248 valence electrons. The van der Waals surface area contributed by atoms with Crippen LogP contribution in [-0.2, 0) is 26.9 Å². The highest BCUT2D eigenvalue weighted by atomic mass is 16.5. The van der Waals surface area contributed by atoms with Gasteiger partial charge in [0.2, 0.25) is 5.91 Å². The van der Waals surface area contributed by atoms with Gasteiger partial charge in [0.05, 0.1) is 7.11 Å². The molecule has 11 nitrogen and oxygen atoms in total. The Morgan fingerprint density at radius 1 is 1.02 bits per heavy atom. The van der Waals surface area contributed by atoms with Crippen LogP contribution in [0.4, 0.5) is 10.5 Å². The zero-order valence-electron chi connectivity index (χ0n) is 27.6. The van der Waals surface area contributed by atoms with E-state index in [1.807, 2.05) is 6.07 Å². The molecule has 2 heterocycles. The lowest BCUT2D eigenvalue weighted by Crippen LogP contribution is -2.56. The normalized spacial score (nSPS) is 24.1. The van der Waals surface area contributed by atoms with Crippen molar-refractivity contribution in [3.8, 4) is 0 Å². The number of amides is 4. The topological polar surface area (TPSA) is 135 Å². The first-order chi connectivity index (χ1) is 22.0. The number of anilines is 1. The SMILES string of the molecule is COC(=O)N1CCCC1(C(=O)NCC1(C)CCC1)c1cccc(NC(=O)[C@@H](NC(=O)c2ccnn2C)C(C2CCC2)C2(C)CC2)c1. The second-order valence-corrected chi connectivity index (χ2v) is 14.7. The first-order valence-electron chi connectivity index (χ1n) is 16.8. The summed E-state index contributed by atoms with van der Waals surface area (Å²) in [5.41, 5.74) is 0.289. The van der Waals surface area contributed by atoms with E-state index >= 15 is 0 Å². The van der Waals surface area contributed by atoms with E-state index in [-0.39, 0.29) is 34.5 Å². The molecule has 4 fully saturated rings. The van der Waals surface area contributed by atoms with Gasteiger partial charge in [-0.1, -0.05) is 51.7 Å². The third-order valence-electron chi connectivity index (χ3n) is 11.5. The van der Waals surface area contributed by atoms with E-state index in [2.05, 4.69) is 34.9 Å². The Balaban J connectivity index is 1.29. The first-order valence-corrected chi connectivity index (χ1v) is 16.8. The third-order valence-corrected chi connectivity index (χ3v) is 11.5. The predicted molar refractivity (Wildman–Crippen MR) is 173 cm³/mol. The highest BCUT2D eigenvalue weighted by Gasteiger charge is 2.55. The molecular formula is C35H48N6O5. The maximum atomic E-state index is 14.3. The number of carbonyl (C=O) groups is 4. The molecule has 1 saturated heterocycles. The van der Waals surface area contributed by atoms with Gasteiger partial charge < -0.3 is 20.7 Å². The Morgan fingerprint density at radius 3 is 2.37 bits per heavy atom. The van der Waals surface area contributed by atoms with Gasteiger partial charge in [-0.25, -0.2) is 4.79 Å². The fraction of sp³-hybridized carbons (Fsp3) is 0.629. The van der Waals surface area contributed by atoms with Gasteiger partial charge in [0.1, 0.15) is 17.3 Å². The smallest absolute Gasteiger partial charge is 0.410 e. The van der Waals surface area contributed by atoms with Crippen molar-refractivity contribution in [3.63, 3.8) is 0 Å². The number of aromatic nitrogens is 2. The minimum Gasteiger partial charge on any atom is -0.453 e. The molecule has 46 heavy (non-hydrogen) atoms. The van der Waals surface area contributed by atoms with Gasteiger partial charge in [0.15, 0.2) is 0 Å². The molecule has 0 radical (unpaired) electrons. The number of hydrogen-bond donors (Lipinski definition) is 3. The molecule has 4 aliphatic rings. The van der Waals surface area contributed by atoms with Crippen LogP contribution in [0.2, 0.25) is 0 Å². The fourth-order valence-electron chi connectivity index (χ4n) is 8.02. The number of hydrogen-bond acceptors (Lipinski definition) is 6. The van der Waals surface area contributed by atoms with Crippen molar-refractivity contribution in [1.29, 1.82) is 0 Å². The number of carbonyl (C=O) groups excluding carboxylic acids is 4. The molecule has 0 spiro atoms. The number of ether oxygens (including phenoxy) is 1. The van der Waals surface area contributed by atoms with E-state index in [1.54, 1.807) is 37.5 Å². The molecule has 4 amide bonds. The first kappa shape index (κ1) is 32.1. The number of nitrogens with zero attached hydrogens (tertiary/aromatic N) is 3. The van der Waals surface area contributed by atoms with E-state index in [4.69, 9.17) is 4.74 Å². The quantitative estimate of drug-likeness (QED) is 0.328. The molecule has 1 aromatic carbocycles. The van der Waals surface area contributed by atoms with Crippen molar-refractivity contribution in [1.82, 2.24) is 25.3 Å². The average molecular weight is 633 g/mol. The standard InChI is InChI=1S/C35H48N6O5/c1-33(14-7-15-33)22-36-31(44)35(16-8-20-41(35)32(45)46-4)24-11-6-12-25(21-24)38-30(43)28(39-29(42)26-13-19-37-40(26)3)27(23-9-5-10-23)34(2)17-18-34/h6,11-13,19,21,23,27-28H,5,7-10,14-18,20,22H2,1-4H3,(H,36,44)(H,38,43)(H,39,42)/t27?,28-,35?/m0/s1. The Kier molecular flexibility index (Phi) is 8.63. The lowest BCUT2D eigenvalue weighted by Gasteiger charge is -2.42. The predicted octanol–water partition coefficient (Wildman–Crippen LogP) is 4.74. The molecule has 1 aliphatic heterocycles. The zero-order chi connectivity index (χ0) is 32.7. The summed E-state index contributed by atoms with van der Waals surface area (Å²) in [6.45, 7) is 5.33. The summed E-state index contributed by atoms with van der Waals surface area (Å²) < 4.78 is 6.64. The van der Waals surface area contributed by atoms with Crippen LogP contribution in [0.3, 0.4) is 0 Å². The van der Waals surface area contributed by atoms with Gasteiger partial charge in [0, 0.05) is 32.0 Å². The monoisotopic (exact) mass is 632 g/mol. The zero-order valence-corrected chi connectivity index (χ0v) is 27.6. The molecule has 3 N–H and O–H groups in total. The van der Waals surface area contributed by atoms with Crippen LogP contribution < -0.4 is 16.0 Å². The van der Waals surface area contributed by atoms with Crippen molar-refractivity contribution < 1.29 is 23.9 Å². The molecule has 2 aromatic rings. The highest BCUT2D eigenvalue weighted by Crippen LogP contribution is 2.58. The summed E-state index contributed by atoms with van der Waals surface area (Å²) in [5, 5.41) is 13.5. The second kappa shape index (κ2) is 12.4. The van der Waals surface area contributed by atoms with Crippen molar-refractivity contribution in [2.75, 3.05) is 25.5 Å². The van der Waals surface area contributed by atoms with E-state index in [0.717, 1.165) is 51.4 Å².